The number of aromatic nitrogens is 1. The molecule has 0 unspecified atom stereocenters. The molecule has 0 aliphatic carbocycles. The molecule has 4 saturated heterocycles. The molecule has 0 saturated carbocycles. The van der Waals surface area contributed by atoms with Gasteiger partial charge in [-0.05, 0) is 42.8 Å². The van der Waals surface area contributed by atoms with Crippen molar-refractivity contribution < 1.29 is 64.1 Å². The van der Waals surface area contributed by atoms with Crippen LogP contribution in [-0.2, 0) is 28.3 Å². The molecule has 10 atom stereocenters. The summed E-state index contributed by atoms with van der Waals surface area (Å²) >= 11 is 0. The number of aliphatic hydroxyl groups excluding tert-OH is 6. The summed E-state index contributed by atoms with van der Waals surface area (Å²) in [5, 5.41) is 77.2. The Bertz CT molecular complexity index is 2100. The summed E-state index contributed by atoms with van der Waals surface area (Å²) in [7, 11) is 1.06. The van der Waals surface area contributed by atoms with Gasteiger partial charge in [-0.2, -0.15) is 0 Å². The van der Waals surface area contributed by atoms with Crippen molar-refractivity contribution in [1.82, 2.24) is 14.8 Å². The minimum absolute atomic E-state index is 0.0864. The number of aliphatic imine (C=N–C) groups is 1. The average Bonchev–Trinajstić information content (AvgIpc) is 3.57. The predicted molar refractivity (Wildman–Crippen MR) is 212 cm³/mol. The molecule has 59 heavy (non-hydrogen) atoms. The van der Waals surface area contributed by atoms with Crippen LogP contribution in [0.25, 0.3) is 10.9 Å². The molecule has 4 aliphatic heterocycles. The molecule has 4 fully saturated rings. The number of fused-ring (bicyclic) bond motifs is 2. The summed E-state index contributed by atoms with van der Waals surface area (Å²) in [5.74, 6) is -0.209. The van der Waals surface area contributed by atoms with Crippen molar-refractivity contribution in [2.24, 2.45) is 4.99 Å². The molecule has 4 aromatic rings. The number of ether oxygens (including phenoxy) is 3. The minimum atomic E-state index is -1.77. The van der Waals surface area contributed by atoms with E-state index in [9.17, 15) is 40.5 Å². The highest BCUT2D eigenvalue weighted by Crippen LogP contribution is 2.34. The van der Waals surface area contributed by atoms with E-state index >= 15 is 0 Å². The second kappa shape index (κ2) is 17.7. The molecule has 5 heterocycles. The molecule has 1 amide bonds. The van der Waals surface area contributed by atoms with Gasteiger partial charge >= 0.3 is 7.12 Å². The van der Waals surface area contributed by atoms with Crippen LogP contribution >= 0.6 is 0 Å². The van der Waals surface area contributed by atoms with Crippen molar-refractivity contribution in [2.45, 2.75) is 61.4 Å². The Labute approximate surface area is 339 Å². The Morgan fingerprint density at radius 3 is 2.41 bits per heavy atom. The highest BCUT2D eigenvalue weighted by atomic mass is 16.7. The molecule has 0 spiro atoms. The van der Waals surface area contributed by atoms with E-state index in [-0.39, 0.29) is 18.4 Å². The van der Waals surface area contributed by atoms with E-state index in [4.69, 9.17) is 28.5 Å². The number of piperazine rings is 1. The molecule has 18 nitrogen and oxygen atoms in total. The van der Waals surface area contributed by atoms with Gasteiger partial charge in [0.05, 0.1) is 36.7 Å². The van der Waals surface area contributed by atoms with E-state index in [0.717, 1.165) is 31.7 Å². The lowest BCUT2D eigenvalue weighted by molar-refractivity contribution is -0.356. The maximum absolute atomic E-state index is 12.8. The Hall–Kier alpha value is -4.32. The van der Waals surface area contributed by atoms with Gasteiger partial charge in [0.1, 0.15) is 48.8 Å². The van der Waals surface area contributed by atoms with E-state index in [1.54, 1.807) is 42.5 Å². The number of H-pyrrole nitrogens is 1. The Balaban J connectivity index is 0.975. The van der Waals surface area contributed by atoms with Gasteiger partial charge in [-0.15, -0.1) is 0 Å². The number of carbonyl (C=O) groups excluding carboxylic acids is 1. The summed E-state index contributed by atoms with van der Waals surface area (Å²) in [6.45, 7) is 3.06. The number of benzene rings is 3. The van der Waals surface area contributed by atoms with Crippen molar-refractivity contribution in [2.75, 3.05) is 58.3 Å². The van der Waals surface area contributed by atoms with Gasteiger partial charge in [-0.3, -0.25) is 9.69 Å². The number of aliphatic hydroxyl groups is 6. The third kappa shape index (κ3) is 8.80. The number of nitrogens with zero attached hydrogens (tertiary/aromatic N) is 3. The average molecular weight is 818 g/mol. The monoisotopic (exact) mass is 817 g/mol. The van der Waals surface area contributed by atoms with Crippen LogP contribution in [0, 0.1) is 0 Å². The fourth-order valence-electron chi connectivity index (χ4n) is 7.86. The van der Waals surface area contributed by atoms with Crippen molar-refractivity contribution in [3.05, 3.63) is 83.9 Å². The van der Waals surface area contributed by atoms with Crippen LogP contribution in [0.2, 0.25) is 0 Å². The minimum Gasteiger partial charge on any atom is -0.494 e. The quantitative estimate of drug-likeness (QED) is 0.0660. The molecule has 314 valence electrons. The highest BCUT2D eigenvalue weighted by Gasteiger charge is 2.53. The Morgan fingerprint density at radius 1 is 0.932 bits per heavy atom. The van der Waals surface area contributed by atoms with Crippen LogP contribution in [-0.4, -0.2) is 184 Å². The summed E-state index contributed by atoms with van der Waals surface area (Å²) in [5.41, 5.74) is 4.03. The third-order valence-corrected chi connectivity index (χ3v) is 11.2. The fourth-order valence-corrected chi connectivity index (χ4v) is 7.86. The summed E-state index contributed by atoms with van der Waals surface area (Å²) in [6, 6.07) is 21.9. The highest BCUT2D eigenvalue weighted by molar-refractivity contribution is 6.61. The van der Waals surface area contributed by atoms with Crippen molar-refractivity contribution in [3.63, 3.8) is 0 Å². The molecule has 4 aliphatic rings. The predicted octanol–water partition coefficient (Wildman–Crippen LogP) is -1.40. The van der Waals surface area contributed by atoms with Crippen LogP contribution in [0.3, 0.4) is 0 Å². The molecule has 1 aromatic heterocycles. The molecule has 3 aromatic carbocycles. The summed E-state index contributed by atoms with van der Waals surface area (Å²) < 4.78 is 28.8. The first kappa shape index (κ1) is 41.4. The van der Waals surface area contributed by atoms with E-state index in [1.807, 2.05) is 30.3 Å². The van der Waals surface area contributed by atoms with Gasteiger partial charge in [0, 0.05) is 48.3 Å². The second-order valence-corrected chi connectivity index (χ2v) is 15.3. The molecule has 0 bridgehead atoms. The van der Waals surface area contributed by atoms with Crippen molar-refractivity contribution in [1.29, 1.82) is 0 Å². The normalized spacial score (nSPS) is 31.0. The zero-order chi connectivity index (χ0) is 41.4. The van der Waals surface area contributed by atoms with Crippen molar-refractivity contribution in [3.8, 4) is 5.88 Å². The van der Waals surface area contributed by atoms with Crippen molar-refractivity contribution >= 4 is 46.5 Å². The van der Waals surface area contributed by atoms with E-state index in [0.29, 0.717) is 45.6 Å². The maximum atomic E-state index is 12.8. The van der Waals surface area contributed by atoms with Crippen LogP contribution in [0.4, 0.5) is 11.4 Å². The zero-order valence-corrected chi connectivity index (χ0v) is 32.2. The SMILES string of the molecule is CN1CCN(CC(=O)Nc2ccc(N=C(c3ccccc3)c3c(O)[nH]c4cc(B5OC[C@H]6O[C@@H](O[C@H]7[C@H](O)[C@@H](O)[C@@H](O)O[C@@H]7CO)[C@H](O)[C@@H](O)[C@H]6O5)ccc34)cc2)CC1. The largest absolute Gasteiger partial charge is 0.494 e. The smallest absolute Gasteiger partial charge is 0.494 e. The first-order chi connectivity index (χ1) is 28.5. The third-order valence-electron chi connectivity index (χ3n) is 11.2. The van der Waals surface area contributed by atoms with E-state index in [2.05, 4.69) is 27.1 Å². The standard InChI is InChI=1S/C40H48BN5O13/c1-45-13-15-46(16-14-45)18-29(48)42-23-8-10-24(11-9-23)43-31(21-5-3-2-4-6-21)30-25-12-7-22(17-26(25)44-38(30)53)41-55-20-28-37(59-41)33(50)35(52)40(57-28)58-36-27(19-47)56-39(54)34(51)32(36)49/h2-12,17,27-28,32-37,39-40,44,47,49-54H,13-16,18-20H2,1H3,(H,42,48)/t27-,28-,32-,33-,34-,35-,36-,37+,39+,40+/m1/s1. The first-order valence-corrected chi connectivity index (χ1v) is 19.5. The number of carbonyl (C=O) groups is 1. The number of rotatable bonds is 10. The van der Waals surface area contributed by atoms with Gasteiger partial charge in [0.15, 0.2) is 18.5 Å². The lowest BCUT2D eigenvalue weighted by Crippen LogP contribution is -2.67. The fraction of sp³-hybridized carbons (Fsp3) is 0.450. The number of anilines is 1. The van der Waals surface area contributed by atoms with Crippen LogP contribution in [0.5, 0.6) is 5.88 Å². The number of aromatic amines is 1. The molecule has 0 radical (unpaired) electrons. The van der Waals surface area contributed by atoms with Gasteiger partial charge < -0.3 is 74.5 Å². The lowest BCUT2D eigenvalue weighted by Gasteiger charge is -2.48. The molecule has 8 rings (SSSR count). The van der Waals surface area contributed by atoms with Gasteiger partial charge in [-0.25, -0.2) is 4.99 Å². The number of nitrogens with one attached hydrogen (secondary N) is 2. The summed E-state index contributed by atoms with van der Waals surface area (Å²) in [4.78, 5) is 25.1. The first-order valence-electron chi connectivity index (χ1n) is 19.5. The second-order valence-electron chi connectivity index (χ2n) is 15.3. The van der Waals surface area contributed by atoms with E-state index < -0.39 is 75.1 Å². The van der Waals surface area contributed by atoms with Crippen LogP contribution < -0.4 is 10.8 Å². The number of hydrogen-bond acceptors (Lipinski definition) is 16. The zero-order valence-electron chi connectivity index (χ0n) is 32.2. The molecule has 19 heteroatoms. The van der Waals surface area contributed by atoms with Gasteiger partial charge in [-0.1, -0.05) is 42.5 Å². The number of aromatic hydroxyl groups is 1. The Morgan fingerprint density at radius 2 is 1.68 bits per heavy atom. The van der Waals surface area contributed by atoms with Gasteiger partial charge in [0.25, 0.3) is 0 Å². The molecular weight excluding hydrogens is 769 g/mol. The lowest BCUT2D eigenvalue weighted by atomic mass is 9.76. The maximum Gasteiger partial charge on any atom is 0.494 e. The van der Waals surface area contributed by atoms with Crippen LogP contribution in [0.15, 0.2) is 77.8 Å². The Kier molecular flexibility index (Phi) is 12.4. The molecule has 9 N–H and O–H groups in total. The van der Waals surface area contributed by atoms with Crippen LogP contribution in [0.1, 0.15) is 11.1 Å². The number of hydrogen-bond donors (Lipinski definition) is 9. The van der Waals surface area contributed by atoms with Gasteiger partial charge in [0.2, 0.25) is 5.91 Å². The topological polar surface area (TPSA) is 251 Å². The molecular formula is C40H48BN5O13. The van der Waals surface area contributed by atoms with E-state index in [1.165, 1.54) is 0 Å². The summed E-state index contributed by atoms with van der Waals surface area (Å²) in [6.07, 6.45) is -14.7. The number of likely N-dealkylation sites (N-methyl/N-ethyl adjacent to an activating group) is 1. The number of amides is 1.